The van der Waals surface area contributed by atoms with E-state index in [1.165, 1.54) is 42.3 Å². The summed E-state index contributed by atoms with van der Waals surface area (Å²) in [5.41, 5.74) is 4.11. The van der Waals surface area contributed by atoms with Gasteiger partial charge in [-0.2, -0.15) is 0 Å². The van der Waals surface area contributed by atoms with Crippen LogP contribution < -0.4 is 21.4 Å². The lowest BCUT2D eigenvalue weighted by atomic mass is 9.84. The van der Waals surface area contributed by atoms with Crippen LogP contribution in [0.5, 0.6) is 5.75 Å². The second-order valence-corrected chi connectivity index (χ2v) is 16.1. The molecule has 2 aromatic rings. The van der Waals surface area contributed by atoms with Gasteiger partial charge in [-0.05, 0) is 74.4 Å². The number of hydrogen-bond donors (Lipinski definition) is 7. The fourth-order valence-electron chi connectivity index (χ4n) is 7.05. The summed E-state index contributed by atoms with van der Waals surface area (Å²) in [4.78, 5) is 84.8. The van der Waals surface area contributed by atoms with Gasteiger partial charge in [0.15, 0.2) is 0 Å². The Hall–Kier alpha value is -5.97. The normalized spacial score (nSPS) is 27.3. The highest BCUT2D eigenvalue weighted by molar-refractivity contribution is 5.98. The van der Waals surface area contributed by atoms with E-state index in [0.717, 1.165) is 0 Å². The Bertz CT molecular complexity index is 2000. The number of ketones is 1. The zero-order valence-electron chi connectivity index (χ0n) is 35.9. The number of hydrogen-bond acceptors (Lipinski definition) is 12. The van der Waals surface area contributed by atoms with Gasteiger partial charge in [0, 0.05) is 44.0 Å². The minimum Gasteiger partial charge on any atom is -0.508 e. The van der Waals surface area contributed by atoms with Crippen LogP contribution in [0.2, 0.25) is 0 Å². The number of aromatic hydroxyl groups is 1. The number of nitrogens with zero attached hydrogens (tertiary/aromatic N) is 2. The molecule has 1 unspecified atom stereocenters. The summed E-state index contributed by atoms with van der Waals surface area (Å²) >= 11 is 0. The molecule has 62 heavy (non-hydrogen) atoms. The van der Waals surface area contributed by atoms with E-state index in [1.807, 2.05) is 0 Å². The number of carbonyl (C=O) groups excluding carboxylic acids is 6. The van der Waals surface area contributed by atoms with Gasteiger partial charge < -0.3 is 40.8 Å². The van der Waals surface area contributed by atoms with Crippen LogP contribution in [0.3, 0.4) is 0 Å². The lowest BCUT2D eigenvalue weighted by Crippen LogP contribution is -2.62. The fraction of sp³-hybridized carbons (Fsp3) is 0.457. The first-order valence-electron chi connectivity index (χ1n) is 21.0. The number of aliphatic hydroxyl groups excluding tert-OH is 2. The number of benzene rings is 1. The molecule has 1 fully saturated rings. The summed E-state index contributed by atoms with van der Waals surface area (Å²) in [5, 5.41) is 42.2. The number of nitrogens with one attached hydrogen (secondary N) is 4. The Morgan fingerprint density at radius 3 is 2.50 bits per heavy atom. The fourth-order valence-corrected chi connectivity index (χ4v) is 7.05. The minimum absolute atomic E-state index is 0.0346. The molecule has 2 bridgehead atoms. The minimum atomic E-state index is -1.43. The van der Waals surface area contributed by atoms with Crippen LogP contribution in [0, 0.1) is 17.8 Å². The van der Waals surface area contributed by atoms with Crippen molar-refractivity contribution in [3.8, 4) is 5.75 Å². The third-order valence-corrected chi connectivity index (χ3v) is 10.8. The van der Waals surface area contributed by atoms with Gasteiger partial charge >= 0.3 is 5.97 Å². The molecule has 1 saturated heterocycles. The van der Waals surface area contributed by atoms with E-state index in [1.54, 1.807) is 88.5 Å². The highest BCUT2D eigenvalue weighted by Crippen LogP contribution is 2.24. The molecule has 16 nitrogen and oxygen atoms in total. The molecule has 3 heterocycles. The van der Waals surface area contributed by atoms with E-state index in [0.29, 0.717) is 29.8 Å². The number of phenols is 1. The molecule has 0 aliphatic carbocycles. The van der Waals surface area contributed by atoms with Gasteiger partial charge in [-0.15, -0.1) is 0 Å². The number of carbonyl (C=O) groups is 6. The topological polar surface area (TPSA) is 237 Å². The zero-order chi connectivity index (χ0) is 45.3. The lowest BCUT2D eigenvalue weighted by Gasteiger charge is -2.36. The molecule has 1 aromatic heterocycles. The van der Waals surface area contributed by atoms with Crippen molar-refractivity contribution in [2.24, 2.45) is 17.8 Å². The predicted octanol–water partition coefficient (Wildman–Crippen LogP) is 3.36. The maximum atomic E-state index is 14.3. The highest BCUT2D eigenvalue weighted by Gasteiger charge is 2.38. The van der Waals surface area contributed by atoms with Gasteiger partial charge in [-0.25, -0.2) is 10.4 Å². The lowest BCUT2D eigenvalue weighted by molar-refractivity contribution is -0.156. The van der Waals surface area contributed by atoms with Crippen molar-refractivity contribution in [1.82, 2.24) is 26.1 Å². The number of esters is 1. The Morgan fingerprint density at radius 2 is 1.81 bits per heavy atom. The molecule has 2 aliphatic rings. The van der Waals surface area contributed by atoms with Crippen molar-refractivity contribution in [2.75, 3.05) is 11.9 Å². The van der Waals surface area contributed by atoms with Crippen molar-refractivity contribution in [3.63, 3.8) is 0 Å². The number of fused-ring (bicyclic) bond motifs is 2. The van der Waals surface area contributed by atoms with Crippen LogP contribution in [0.4, 0.5) is 5.82 Å². The molecular weight excluding hydrogens is 797 g/mol. The van der Waals surface area contributed by atoms with Crippen molar-refractivity contribution in [3.05, 3.63) is 102 Å². The van der Waals surface area contributed by atoms with E-state index in [2.05, 4.69) is 26.4 Å². The molecule has 0 radical (unpaired) electrons. The molecule has 0 spiro atoms. The standard InChI is InChI=1S/C46H60N6O10/c1-28(2)41-44(59)48-36(27-32-15-12-16-33(54)26-32)45(60)52-25-13-17-35(51-52)46(61)62-38(29(3)14-11-21-40(56)49-39-20-9-10-24-47-39)19-8-6-7-18-37(55)31(5)42(57)34(43(58)50-41)23-22-30(4)53/h6-12,14-16,18,20-21,24,26,28,31,34-38,41-42,51,54-55,57H,13,17,19,22-23,25,27H2,1-5H3,(H,48,59)(H,50,58)(H,47,49,56)/b8-6+,18-7+,21-11+,29-14+/t31-,34+,35?,36-,37-,38-,41-,42+/m0/s1. The number of ether oxygens (including phenoxy) is 1. The van der Waals surface area contributed by atoms with Gasteiger partial charge in [0.2, 0.25) is 17.7 Å². The molecule has 4 amide bonds. The average Bonchev–Trinajstić information content (AvgIpc) is 3.23. The summed E-state index contributed by atoms with van der Waals surface area (Å²) in [6, 6.07) is 7.97. The number of aliphatic hydroxyl groups is 2. The highest BCUT2D eigenvalue weighted by atomic mass is 16.5. The van der Waals surface area contributed by atoms with Crippen molar-refractivity contribution in [2.45, 2.75) is 110 Å². The molecule has 334 valence electrons. The summed E-state index contributed by atoms with van der Waals surface area (Å²) in [5.74, 6) is -5.49. The summed E-state index contributed by atoms with van der Waals surface area (Å²) in [6.07, 6.45) is 9.68. The van der Waals surface area contributed by atoms with Crippen molar-refractivity contribution >= 4 is 41.2 Å². The second-order valence-electron chi connectivity index (χ2n) is 16.1. The molecule has 7 N–H and O–H groups in total. The third kappa shape index (κ3) is 14.9. The van der Waals surface area contributed by atoms with E-state index in [9.17, 15) is 44.1 Å². The Balaban J connectivity index is 1.70. The summed E-state index contributed by atoms with van der Waals surface area (Å²) in [6.45, 7) is 8.27. The number of aromatic nitrogens is 1. The Morgan fingerprint density at radius 1 is 1.03 bits per heavy atom. The molecule has 2 aliphatic heterocycles. The quantitative estimate of drug-likeness (QED) is 0.104. The van der Waals surface area contributed by atoms with Crippen LogP contribution in [0.15, 0.2) is 96.8 Å². The number of Topliss-reactive ketones (excluding diaryl/α,β-unsaturated/α-hetero) is 1. The number of anilines is 1. The largest absolute Gasteiger partial charge is 0.508 e. The Kier molecular flexibility index (Phi) is 18.8. The predicted molar refractivity (Wildman–Crippen MR) is 232 cm³/mol. The van der Waals surface area contributed by atoms with Gasteiger partial charge in [-0.1, -0.05) is 75.4 Å². The van der Waals surface area contributed by atoms with E-state index < -0.39 is 83.8 Å². The van der Waals surface area contributed by atoms with Gasteiger partial charge in [0.05, 0.1) is 18.1 Å². The van der Waals surface area contributed by atoms with Crippen LogP contribution in [-0.4, -0.2) is 104 Å². The van der Waals surface area contributed by atoms with Gasteiger partial charge in [0.1, 0.15) is 41.6 Å². The van der Waals surface area contributed by atoms with Crippen LogP contribution in [0.25, 0.3) is 0 Å². The molecule has 1 aromatic carbocycles. The van der Waals surface area contributed by atoms with E-state index in [-0.39, 0.29) is 43.8 Å². The monoisotopic (exact) mass is 856 g/mol. The number of pyridine rings is 1. The maximum Gasteiger partial charge on any atom is 0.325 e. The van der Waals surface area contributed by atoms with E-state index >= 15 is 0 Å². The van der Waals surface area contributed by atoms with Gasteiger partial charge in [0.25, 0.3) is 5.91 Å². The molecule has 8 atom stereocenters. The first kappa shape index (κ1) is 48.7. The van der Waals surface area contributed by atoms with Crippen LogP contribution in [0.1, 0.15) is 72.3 Å². The van der Waals surface area contributed by atoms with Gasteiger partial charge in [-0.3, -0.25) is 29.0 Å². The number of phenolic OH excluding ortho intramolecular Hbond substituents is 1. The number of cyclic esters (lactones) is 1. The number of amides is 4. The molecular formula is C46H60N6O10. The average molecular weight is 857 g/mol. The molecule has 16 heteroatoms. The first-order chi connectivity index (χ1) is 29.5. The second kappa shape index (κ2) is 23.9. The Labute approximate surface area is 362 Å². The SMILES string of the molecule is CC(=O)CC[C@H]1C(=O)N[C@@H](C(C)C)C(=O)N[C@@H](Cc2cccc(O)c2)C(=O)N2CCCC(N2)C(=O)O[C@H](/C(C)=C/C=C/C(=O)Nc2ccccn2)C/C=C/C=C/[C@H](O)[C@H](C)[C@H]1O. The van der Waals surface area contributed by atoms with Crippen LogP contribution >= 0.6 is 0 Å². The maximum absolute atomic E-state index is 14.3. The van der Waals surface area contributed by atoms with Crippen LogP contribution in [-0.2, 0) is 39.9 Å². The third-order valence-electron chi connectivity index (χ3n) is 10.8. The van der Waals surface area contributed by atoms with Crippen molar-refractivity contribution in [1.29, 1.82) is 0 Å². The summed E-state index contributed by atoms with van der Waals surface area (Å²) < 4.78 is 6.03. The van der Waals surface area contributed by atoms with Crippen molar-refractivity contribution < 1.29 is 48.8 Å². The molecule has 0 saturated carbocycles. The first-order valence-corrected chi connectivity index (χ1v) is 21.0. The number of rotatable bonds is 10. The zero-order valence-corrected chi connectivity index (χ0v) is 35.9. The molecule has 4 rings (SSSR count). The number of allylic oxidation sites excluding steroid dienone is 4. The summed E-state index contributed by atoms with van der Waals surface area (Å²) in [7, 11) is 0. The smallest absolute Gasteiger partial charge is 0.325 e. The number of hydrazine groups is 1. The van der Waals surface area contributed by atoms with E-state index in [4.69, 9.17) is 4.74 Å².